The molecule has 0 aliphatic rings. The monoisotopic (exact) mass is 493 g/mol. The highest BCUT2D eigenvalue weighted by Gasteiger charge is 2.19. The Labute approximate surface area is 191 Å². The van der Waals surface area contributed by atoms with Gasteiger partial charge in [-0.25, -0.2) is 16.8 Å². The molecule has 0 bridgehead atoms. The second-order valence-corrected chi connectivity index (χ2v) is 10.8. The van der Waals surface area contributed by atoms with E-state index < -0.39 is 26.0 Å². The van der Waals surface area contributed by atoms with E-state index >= 15 is 0 Å². The number of anilines is 3. The van der Waals surface area contributed by atoms with E-state index in [1.54, 1.807) is 43.3 Å². The summed E-state index contributed by atoms with van der Waals surface area (Å²) in [7, 11) is -7.54. The first-order valence-corrected chi connectivity index (χ1v) is 13.0. The van der Waals surface area contributed by atoms with Gasteiger partial charge in [-0.15, -0.1) is 0 Å². The van der Waals surface area contributed by atoms with Gasteiger partial charge in [-0.2, -0.15) is 0 Å². The van der Waals surface area contributed by atoms with Gasteiger partial charge in [0.05, 0.1) is 22.4 Å². The molecule has 0 atom stereocenters. The number of rotatable bonds is 7. The third kappa shape index (κ3) is 6.00. The van der Waals surface area contributed by atoms with E-state index in [4.69, 9.17) is 11.6 Å². The normalized spacial score (nSPS) is 11.6. The molecule has 3 rings (SSSR count). The molecule has 168 valence electrons. The Morgan fingerprint density at radius 1 is 0.844 bits per heavy atom. The summed E-state index contributed by atoms with van der Waals surface area (Å²) in [5.41, 5.74) is 1.23. The largest absolute Gasteiger partial charge is 0.322 e. The zero-order chi connectivity index (χ0) is 23.5. The summed E-state index contributed by atoms with van der Waals surface area (Å²) in [4.78, 5) is 12.7. The smallest absolute Gasteiger partial charge is 0.262 e. The molecule has 3 N–H and O–H groups in total. The molecule has 0 unspecified atom stereocenters. The maximum atomic E-state index is 12.9. The van der Waals surface area contributed by atoms with Crippen molar-refractivity contribution in [2.24, 2.45) is 0 Å². The van der Waals surface area contributed by atoms with Crippen LogP contribution in [0.3, 0.4) is 0 Å². The first-order valence-electron chi connectivity index (χ1n) is 9.22. The molecule has 0 fully saturated rings. The molecule has 0 aromatic heterocycles. The topological polar surface area (TPSA) is 121 Å². The van der Waals surface area contributed by atoms with Gasteiger partial charge < -0.3 is 5.32 Å². The van der Waals surface area contributed by atoms with Crippen molar-refractivity contribution >= 4 is 54.6 Å². The Morgan fingerprint density at radius 3 is 2.12 bits per heavy atom. The number of carbonyl (C=O) groups excluding carboxylic acids is 1. The van der Waals surface area contributed by atoms with Gasteiger partial charge in [0.15, 0.2) is 0 Å². The molecule has 0 saturated carbocycles. The zero-order valence-electron chi connectivity index (χ0n) is 17.1. The van der Waals surface area contributed by atoms with Crippen LogP contribution in [0, 0.1) is 6.92 Å². The lowest BCUT2D eigenvalue weighted by Gasteiger charge is -2.14. The summed E-state index contributed by atoms with van der Waals surface area (Å²) >= 11 is 5.84. The van der Waals surface area contributed by atoms with E-state index in [-0.39, 0.29) is 21.8 Å². The van der Waals surface area contributed by atoms with Gasteiger partial charge in [0.2, 0.25) is 10.0 Å². The van der Waals surface area contributed by atoms with E-state index in [1.165, 1.54) is 30.3 Å². The van der Waals surface area contributed by atoms with Gasteiger partial charge in [0.1, 0.15) is 0 Å². The van der Waals surface area contributed by atoms with Crippen molar-refractivity contribution in [3.8, 4) is 0 Å². The maximum Gasteiger partial charge on any atom is 0.262 e. The highest BCUT2D eigenvalue weighted by molar-refractivity contribution is 7.92. The van der Waals surface area contributed by atoms with Crippen LogP contribution in [-0.2, 0) is 20.0 Å². The lowest BCUT2D eigenvalue weighted by molar-refractivity contribution is 0.102. The minimum atomic E-state index is -3.95. The summed E-state index contributed by atoms with van der Waals surface area (Å²) in [5, 5.41) is 3.08. The van der Waals surface area contributed by atoms with Crippen molar-refractivity contribution in [3.05, 3.63) is 82.9 Å². The van der Waals surface area contributed by atoms with E-state index in [2.05, 4.69) is 14.8 Å². The number of sulfonamides is 2. The van der Waals surface area contributed by atoms with Crippen LogP contribution in [0.15, 0.2) is 71.6 Å². The molecule has 0 spiro atoms. The summed E-state index contributed by atoms with van der Waals surface area (Å²) in [5.74, 6) is -0.602. The average molecular weight is 494 g/mol. The van der Waals surface area contributed by atoms with Crippen molar-refractivity contribution in [2.75, 3.05) is 21.0 Å². The molecule has 3 aromatic carbocycles. The third-order valence-corrected chi connectivity index (χ3v) is 6.66. The quantitative estimate of drug-likeness (QED) is 0.458. The van der Waals surface area contributed by atoms with Crippen molar-refractivity contribution in [1.29, 1.82) is 0 Å². The molecule has 1 amide bonds. The second kappa shape index (κ2) is 9.19. The first-order chi connectivity index (χ1) is 14.9. The summed E-state index contributed by atoms with van der Waals surface area (Å²) in [6.45, 7) is 1.63. The number of hydrogen-bond acceptors (Lipinski definition) is 5. The highest BCUT2D eigenvalue weighted by atomic mass is 35.5. The van der Waals surface area contributed by atoms with Crippen LogP contribution in [0.1, 0.15) is 15.9 Å². The fourth-order valence-corrected chi connectivity index (χ4v) is 4.90. The molecule has 0 radical (unpaired) electrons. The lowest BCUT2D eigenvalue weighted by Crippen LogP contribution is -2.18. The van der Waals surface area contributed by atoms with E-state index in [9.17, 15) is 21.6 Å². The molecule has 32 heavy (non-hydrogen) atoms. The molecular weight excluding hydrogens is 474 g/mol. The van der Waals surface area contributed by atoms with Gasteiger partial charge in [0, 0.05) is 16.4 Å². The van der Waals surface area contributed by atoms with Crippen LogP contribution >= 0.6 is 11.6 Å². The van der Waals surface area contributed by atoms with Gasteiger partial charge in [0.25, 0.3) is 15.9 Å². The maximum absolute atomic E-state index is 12.9. The van der Waals surface area contributed by atoms with Gasteiger partial charge in [-0.1, -0.05) is 29.8 Å². The Hall–Kier alpha value is -3.08. The fourth-order valence-electron chi connectivity index (χ4n) is 2.86. The molecule has 11 heteroatoms. The number of aryl methyl sites for hydroxylation is 1. The highest BCUT2D eigenvalue weighted by Crippen LogP contribution is 2.25. The molecule has 0 aliphatic carbocycles. The van der Waals surface area contributed by atoms with Crippen molar-refractivity contribution < 1.29 is 21.6 Å². The Kier molecular flexibility index (Phi) is 6.77. The van der Waals surface area contributed by atoms with Crippen molar-refractivity contribution in [1.82, 2.24) is 0 Å². The summed E-state index contributed by atoms with van der Waals surface area (Å²) in [6, 6.07) is 16.7. The number of nitrogens with one attached hydrogen (secondary N) is 3. The van der Waals surface area contributed by atoms with Gasteiger partial charge in [-0.05, 0) is 61.0 Å². The Balaban J connectivity index is 1.88. The minimum absolute atomic E-state index is 0.0206. The number of carbonyl (C=O) groups is 1. The second-order valence-electron chi connectivity index (χ2n) is 6.97. The zero-order valence-corrected chi connectivity index (χ0v) is 19.5. The summed E-state index contributed by atoms with van der Waals surface area (Å²) in [6.07, 6.45) is 0.979. The van der Waals surface area contributed by atoms with Crippen LogP contribution in [0.4, 0.5) is 17.1 Å². The number of halogens is 1. The van der Waals surface area contributed by atoms with Crippen LogP contribution in [0.5, 0.6) is 0 Å². The van der Waals surface area contributed by atoms with Crippen LogP contribution in [-0.4, -0.2) is 29.0 Å². The number of amides is 1. The van der Waals surface area contributed by atoms with E-state index in [1.807, 2.05) is 0 Å². The molecule has 0 saturated heterocycles. The van der Waals surface area contributed by atoms with Gasteiger partial charge >= 0.3 is 0 Å². The molecule has 0 aliphatic heterocycles. The van der Waals surface area contributed by atoms with Crippen molar-refractivity contribution in [2.45, 2.75) is 11.8 Å². The first kappa shape index (κ1) is 23.6. The van der Waals surface area contributed by atoms with Gasteiger partial charge in [-0.3, -0.25) is 14.2 Å². The summed E-state index contributed by atoms with van der Waals surface area (Å²) < 4.78 is 53.7. The minimum Gasteiger partial charge on any atom is -0.322 e. The molecule has 3 aromatic rings. The third-order valence-electron chi connectivity index (χ3n) is 4.30. The molecule has 8 nitrogen and oxygen atoms in total. The number of benzene rings is 3. The van der Waals surface area contributed by atoms with E-state index in [0.717, 1.165) is 6.26 Å². The SMILES string of the molecule is Cc1ccc(NC(=O)c2ccccc2NS(C)(=O)=O)cc1S(=O)(=O)Nc1ccc(Cl)cc1. The lowest BCUT2D eigenvalue weighted by atomic mass is 10.1. The van der Waals surface area contributed by atoms with Crippen LogP contribution in [0.2, 0.25) is 5.02 Å². The molecular formula is C21H20ClN3O5S2. The fraction of sp³-hybridized carbons (Fsp3) is 0.0952. The molecule has 0 heterocycles. The standard InChI is InChI=1S/C21H20ClN3O5S2/c1-14-7-10-17(13-20(14)32(29,30)24-16-11-8-15(22)9-12-16)23-21(26)18-5-3-4-6-19(18)25-31(2,27)28/h3-13,24-25H,1-2H3,(H,23,26). The van der Waals surface area contributed by atoms with Crippen LogP contribution in [0.25, 0.3) is 0 Å². The number of para-hydroxylation sites is 1. The van der Waals surface area contributed by atoms with Crippen LogP contribution < -0.4 is 14.8 Å². The Morgan fingerprint density at radius 2 is 1.47 bits per heavy atom. The predicted molar refractivity (Wildman–Crippen MR) is 126 cm³/mol. The van der Waals surface area contributed by atoms with E-state index in [0.29, 0.717) is 16.3 Å². The number of hydrogen-bond donors (Lipinski definition) is 3. The Bertz CT molecular complexity index is 1370. The predicted octanol–water partition coefficient (Wildman–Crippen LogP) is 4.07. The van der Waals surface area contributed by atoms with Crippen molar-refractivity contribution in [3.63, 3.8) is 0 Å². The average Bonchev–Trinajstić information content (AvgIpc) is 2.70.